The molecule has 1 N–H and O–H groups in total. The fraction of sp³-hybridized carbons (Fsp3) is 0.375. The van der Waals surface area contributed by atoms with E-state index in [2.05, 4.69) is 10.3 Å². The largest absolute Gasteiger partial charge is 0.334 e. The standard InChI is InChI=1S/C16H18ClN3OS/c1-18-9-11-5-4-8-20(11)16(21)14-10-19-15(22-14)12-6-2-3-7-13(12)17/h2-3,6-7,10-11,18H,4-5,8-9H2,1H3. The van der Waals surface area contributed by atoms with Gasteiger partial charge in [0.1, 0.15) is 9.88 Å². The Balaban J connectivity index is 1.82. The minimum atomic E-state index is 0.0774. The summed E-state index contributed by atoms with van der Waals surface area (Å²) in [4.78, 5) is 19.7. The molecule has 1 atom stereocenters. The van der Waals surface area contributed by atoms with Gasteiger partial charge in [-0.05, 0) is 26.0 Å². The summed E-state index contributed by atoms with van der Waals surface area (Å²) in [6.45, 7) is 1.66. The molecule has 1 unspecified atom stereocenters. The number of aromatic nitrogens is 1. The summed E-state index contributed by atoms with van der Waals surface area (Å²) in [7, 11) is 1.92. The molecule has 0 aliphatic carbocycles. The van der Waals surface area contributed by atoms with E-state index in [1.165, 1.54) is 11.3 Å². The van der Waals surface area contributed by atoms with Crippen molar-refractivity contribution in [2.75, 3.05) is 20.1 Å². The van der Waals surface area contributed by atoms with Crippen molar-refractivity contribution in [3.63, 3.8) is 0 Å². The van der Waals surface area contributed by atoms with Gasteiger partial charge in [-0.25, -0.2) is 4.98 Å². The number of likely N-dealkylation sites (N-methyl/N-ethyl adjacent to an activating group) is 1. The van der Waals surface area contributed by atoms with Gasteiger partial charge in [-0.3, -0.25) is 4.79 Å². The Bertz CT molecular complexity index is 673. The van der Waals surface area contributed by atoms with Crippen LogP contribution in [0.15, 0.2) is 30.5 Å². The van der Waals surface area contributed by atoms with Crippen molar-refractivity contribution in [2.45, 2.75) is 18.9 Å². The molecule has 1 aromatic heterocycles. The first-order valence-electron chi connectivity index (χ1n) is 7.37. The molecule has 4 nitrogen and oxygen atoms in total. The highest BCUT2D eigenvalue weighted by Crippen LogP contribution is 2.32. The second-order valence-corrected chi connectivity index (χ2v) is 6.80. The summed E-state index contributed by atoms with van der Waals surface area (Å²) in [5.74, 6) is 0.0774. The quantitative estimate of drug-likeness (QED) is 0.932. The lowest BCUT2D eigenvalue weighted by molar-refractivity contribution is 0.0741. The Morgan fingerprint density at radius 1 is 1.50 bits per heavy atom. The fourth-order valence-electron chi connectivity index (χ4n) is 2.82. The van der Waals surface area contributed by atoms with Gasteiger partial charge in [0.2, 0.25) is 0 Å². The van der Waals surface area contributed by atoms with Crippen LogP contribution in [0.2, 0.25) is 5.02 Å². The van der Waals surface area contributed by atoms with Crippen LogP contribution >= 0.6 is 22.9 Å². The van der Waals surface area contributed by atoms with Crippen molar-refractivity contribution in [1.82, 2.24) is 15.2 Å². The number of nitrogens with one attached hydrogen (secondary N) is 1. The molecule has 2 heterocycles. The lowest BCUT2D eigenvalue weighted by atomic mass is 10.2. The van der Waals surface area contributed by atoms with Crippen molar-refractivity contribution in [1.29, 1.82) is 0 Å². The third kappa shape index (κ3) is 3.02. The number of halogens is 1. The topological polar surface area (TPSA) is 45.2 Å². The predicted molar refractivity (Wildman–Crippen MR) is 90.5 cm³/mol. The van der Waals surface area contributed by atoms with Gasteiger partial charge < -0.3 is 10.2 Å². The fourth-order valence-corrected chi connectivity index (χ4v) is 4.02. The van der Waals surface area contributed by atoms with E-state index in [-0.39, 0.29) is 11.9 Å². The molecular weight excluding hydrogens is 318 g/mol. The zero-order valence-electron chi connectivity index (χ0n) is 12.4. The van der Waals surface area contributed by atoms with Crippen molar-refractivity contribution in [3.05, 3.63) is 40.4 Å². The Morgan fingerprint density at radius 3 is 3.09 bits per heavy atom. The molecule has 6 heteroatoms. The molecule has 0 saturated carbocycles. The number of carbonyl (C=O) groups is 1. The first kappa shape index (κ1) is 15.5. The highest BCUT2D eigenvalue weighted by Gasteiger charge is 2.30. The number of carbonyl (C=O) groups excluding carboxylic acids is 1. The Morgan fingerprint density at radius 2 is 2.32 bits per heavy atom. The number of hydrogen-bond acceptors (Lipinski definition) is 4. The van der Waals surface area contributed by atoms with Crippen LogP contribution in [0.4, 0.5) is 0 Å². The van der Waals surface area contributed by atoms with E-state index in [0.29, 0.717) is 9.90 Å². The maximum Gasteiger partial charge on any atom is 0.265 e. The van der Waals surface area contributed by atoms with Crippen LogP contribution in [0.5, 0.6) is 0 Å². The number of amides is 1. The van der Waals surface area contributed by atoms with Crippen molar-refractivity contribution >= 4 is 28.8 Å². The average molecular weight is 336 g/mol. The molecule has 116 valence electrons. The molecular formula is C16H18ClN3OS. The van der Waals surface area contributed by atoms with E-state index in [1.807, 2.05) is 36.2 Å². The summed E-state index contributed by atoms with van der Waals surface area (Å²) in [6.07, 6.45) is 3.79. The average Bonchev–Trinajstić information content (AvgIpc) is 3.17. The highest BCUT2D eigenvalue weighted by molar-refractivity contribution is 7.17. The van der Waals surface area contributed by atoms with Gasteiger partial charge in [-0.1, -0.05) is 29.8 Å². The summed E-state index contributed by atoms with van der Waals surface area (Å²) < 4.78 is 0. The molecule has 0 bridgehead atoms. The van der Waals surface area contributed by atoms with Gasteiger partial charge >= 0.3 is 0 Å². The van der Waals surface area contributed by atoms with Crippen LogP contribution < -0.4 is 5.32 Å². The van der Waals surface area contributed by atoms with Crippen LogP contribution in [0, 0.1) is 0 Å². The van der Waals surface area contributed by atoms with Crippen LogP contribution in [-0.2, 0) is 0 Å². The third-order valence-electron chi connectivity index (χ3n) is 3.90. The van der Waals surface area contributed by atoms with E-state index in [0.717, 1.165) is 36.5 Å². The van der Waals surface area contributed by atoms with E-state index >= 15 is 0 Å². The number of rotatable bonds is 4. The van der Waals surface area contributed by atoms with Gasteiger partial charge in [0.25, 0.3) is 5.91 Å². The Kier molecular flexibility index (Phi) is 4.76. The number of nitrogens with zero attached hydrogens (tertiary/aromatic N) is 2. The van der Waals surface area contributed by atoms with Gasteiger partial charge in [-0.2, -0.15) is 0 Å². The second kappa shape index (κ2) is 6.77. The lowest BCUT2D eigenvalue weighted by Gasteiger charge is -2.23. The lowest BCUT2D eigenvalue weighted by Crippen LogP contribution is -2.40. The highest BCUT2D eigenvalue weighted by atomic mass is 35.5. The van der Waals surface area contributed by atoms with Gasteiger partial charge in [0, 0.05) is 24.7 Å². The molecule has 1 aliphatic heterocycles. The normalized spacial score (nSPS) is 17.9. The number of likely N-dealkylation sites (tertiary alicyclic amines) is 1. The van der Waals surface area contributed by atoms with E-state index in [4.69, 9.17) is 11.6 Å². The van der Waals surface area contributed by atoms with E-state index in [9.17, 15) is 4.79 Å². The zero-order chi connectivity index (χ0) is 15.5. The first-order chi connectivity index (χ1) is 10.7. The third-order valence-corrected chi connectivity index (χ3v) is 5.25. The van der Waals surface area contributed by atoms with Crippen molar-refractivity contribution in [2.24, 2.45) is 0 Å². The van der Waals surface area contributed by atoms with E-state index < -0.39 is 0 Å². The van der Waals surface area contributed by atoms with Gasteiger partial charge in [0.15, 0.2) is 0 Å². The molecule has 1 aromatic carbocycles. The molecule has 1 amide bonds. The van der Waals surface area contributed by atoms with Gasteiger partial charge in [-0.15, -0.1) is 11.3 Å². The van der Waals surface area contributed by atoms with Crippen LogP contribution in [0.1, 0.15) is 22.5 Å². The van der Waals surface area contributed by atoms with Crippen LogP contribution in [0.25, 0.3) is 10.6 Å². The summed E-state index contributed by atoms with van der Waals surface area (Å²) >= 11 is 7.61. The Labute approximate surface area is 139 Å². The second-order valence-electron chi connectivity index (χ2n) is 5.36. The molecule has 0 radical (unpaired) electrons. The number of hydrogen-bond donors (Lipinski definition) is 1. The van der Waals surface area contributed by atoms with Crippen LogP contribution in [-0.4, -0.2) is 42.0 Å². The molecule has 1 fully saturated rings. The maximum atomic E-state index is 12.7. The number of thiazole rings is 1. The van der Waals surface area contributed by atoms with Crippen molar-refractivity contribution < 1.29 is 4.79 Å². The SMILES string of the molecule is CNCC1CCCN1C(=O)c1cnc(-c2ccccc2Cl)s1. The van der Waals surface area contributed by atoms with Crippen molar-refractivity contribution in [3.8, 4) is 10.6 Å². The monoisotopic (exact) mass is 335 g/mol. The molecule has 2 aromatic rings. The van der Waals surface area contributed by atoms with E-state index in [1.54, 1.807) is 6.20 Å². The molecule has 1 aliphatic rings. The summed E-state index contributed by atoms with van der Waals surface area (Å²) in [5.41, 5.74) is 0.876. The molecule has 0 spiro atoms. The maximum absolute atomic E-state index is 12.7. The first-order valence-corrected chi connectivity index (χ1v) is 8.56. The molecule has 1 saturated heterocycles. The summed E-state index contributed by atoms with van der Waals surface area (Å²) in [5, 5.41) is 4.61. The molecule has 3 rings (SSSR count). The smallest absolute Gasteiger partial charge is 0.265 e. The Hall–Kier alpha value is -1.43. The van der Waals surface area contributed by atoms with Crippen LogP contribution in [0.3, 0.4) is 0 Å². The zero-order valence-corrected chi connectivity index (χ0v) is 14.0. The molecule has 22 heavy (non-hydrogen) atoms. The van der Waals surface area contributed by atoms with Gasteiger partial charge in [0.05, 0.1) is 11.2 Å². The summed E-state index contributed by atoms with van der Waals surface area (Å²) in [6, 6.07) is 7.85. The predicted octanol–water partition coefficient (Wildman–Crippen LogP) is 3.29. The number of benzene rings is 1. The minimum Gasteiger partial charge on any atom is -0.334 e. The minimum absolute atomic E-state index is 0.0774.